The highest BCUT2D eigenvalue weighted by Gasteiger charge is 2.38. The van der Waals surface area contributed by atoms with Crippen LogP contribution in [0.2, 0.25) is 0 Å². The SMILES string of the molecule is CN1CCN(c2c(N3CCNCC3C(=O)c3ccc(/C=C/c4n[nH]c5ccccc45)cc3)c(=O)c2=O)CC1. The highest BCUT2D eigenvalue weighted by Crippen LogP contribution is 2.29. The maximum atomic E-state index is 13.6. The van der Waals surface area contributed by atoms with E-state index in [1.807, 2.05) is 77.5 Å². The molecule has 194 valence electrons. The van der Waals surface area contributed by atoms with Crippen LogP contribution in [0.15, 0.2) is 58.1 Å². The molecule has 4 aromatic rings. The molecular weight excluding hydrogens is 480 g/mol. The number of hydrogen-bond acceptors (Lipinski definition) is 8. The van der Waals surface area contributed by atoms with Crippen molar-refractivity contribution in [1.82, 2.24) is 20.4 Å². The minimum atomic E-state index is -0.546. The molecule has 0 bridgehead atoms. The van der Waals surface area contributed by atoms with Crippen molar-refractivity contribution in [2.45, 2.75) is 6.04 Å². The Bertz CT molecular complexity index is 1570. The van der Waals surface area contributed by atoms with Crippen LogP contribution in [0.4, 0.5) is 11.4 Å². The number of carbonyl (C=O) groups excluding carboxylic acids is 1. The van der Waals surface area contributed by atoms with Crippen LogP contribution in [-0.2, 0) is 0 Å². The second kappa shape index (κ2) is 10.00. The summed E-state index contributed by atoms with van der Waals surface area (Å²) in [6.07, 6.45) is 3.92. The van der Waals surface area contributed by atoms with E-state index >= 15 is 0 Å². The Morgan fingerprint density at radius 1 is 0.921 bits per heavy atom. The molecule has 6 rings (SSSR count). The van der Waals surface area contributed by atoms with Crippen molar-refractivity contribution in [3.63, 3.8) is 0 Å². The number of aromatic nitrogens is 2. The van der Waals surface area contributed by atoms with Crippen molar-refractivity contribution >= 4 is 40.2 Å². The summed E-state index contributed by atoms with van der Waals surface area (Å²) in [5.41, 5.74) is 3.34. The van der Waals surface area contributed by atoms with Gasteiger partial charge in [-0.1, -0.05) is 48.5 Å². The average molecular weight is 511 g/mol. The summed E-state index contributed by atoms with van der Waals surface area (Å²) in [4.78, 5) is 45.0. The number of fused-ring (bicyclic) bond motifs is 1. The Kier molecular flexibility index (Phi) is 6.39. The predicted molar refractivity (Wildman–Crippen MR) is 151 cm³/mol. The highest BCUT2D eigenvalue weighted by molar-refractivity contribution is 6.03. The van der Waals surface area contributed by atoms with Gasteiger partial charge in [0.2, 0.25) is 0 Å². The number of likely N-dealkylation sites (N-methyl/N-ethyl adjacent to an activating group) is 1. The Balaban J connectivity index is 1.21. The summed E-state index contributed by atoms with van der Waals surface area (Å²) in [5.74, 6) is -0.0663. The second-order valence-corrected chi connectivity index (χ2v) is 10.0. The van der Waals surface area contributed by atoms with Crippen LogP contribution in [-0.4, -0.2) is 79.8 Å². The fraction of sp³-hybridized carbons (Fsp3) is 0.310. The van der Waals surface area contributed by atoms with Gasteiger partial charge >= 0.3 is 0 Å². The number of anilines is 2. The lowest BCUT2D eigenvalue weighted by Gasteiger charge is -2.41. The Labute approximate surface area is 220 Å². The first-order chi connectivity index (χ1) is 18.5. The molecular formula is C29H30N6O3. The molecule has 0 spiro atoms. The number of rotatable bonds is 6. The number of aromatic amines is 1. The third-order valence-electron chi connectivity index (χ3n) is 7.64. The first kappa shape index (κ1) is 24.3. The van der Waals surface area contributed by atoms with Gasteiger partial charge in [-0.3, -0.25) is 19.5 Å². The Hall–Kier alpha value is -4.08. The monoisotopic (exact) mass is 510 g/mol. The number of ketones is 1. The van der Waals surface area contributed by atoms with Gasteiger partial charge in [0.05, 0.1) is 11.2 Å². The lowest BCUT2D eigenvalue weighted by Crippen LogP contribution is -2.60. The van der Waals surface area contributed by atoms with Gasteiger partial charge in [-0.2, -0.15) is 5.10 Å². The maximum Gasteiger partial charge on any atom is 0.253 e. The molecule has 2 aliphatic rings. The van der Waals surface area contributed by atoms with Gasteiger partial charge in [0.25, 0.3) is 10.9 Å². The molecule has 3 aromatic carbocycles. The zero-order valence-electron chi connectivity index (χ0n) is 21.3. The fourth-order valence-corrected chi connectivity index (χ4v) is 5.40. The second-order valence-electron chi connectivity index (χ2n) is 10.0. The van der Waals surface area contributed by atoms with Crippen LogP contribution in [0.25, 0.3) is 23.1 Å². The van der Waals surface area contributed by atoms with Crippen LogP contribution in [0, 0.1) is 0 Å². The zero-order valence-corrected chi connectivity index (χ0v) is 21.3. The lowest BCUT2D eigenvalue weighted by atomic mass is 9.97. The third kappa shape index (κ3) is 4.33. The lowest BCUT2D eigenvalue weighted by molar-refractivity contribution is 0.0950. The molecule has 38 heavy (non-hydrogen) atoms. The molecule has 0 amide bonds. The third-order valence-corrected chi connectivity index (χ3v) is 7.64. The Morgan fingerprint density at radius 2 is 1.66 bits per heavy atom. The number of H-pyrrole nitrogens is 1. The van der Waals surface area contributed by atoms with Gasteiger partial charge in [-0.15, -0.1) is 0 Å². The summed E-state index contributed by atoms with van der Waals surface area (Å²) in [6, 6.07) is 14.9. The predicted octanol–water partition coefficient (Wildman–Crippen LogP) is 1.74. The van der Waals surface area contributed by atoms with Gasteiger partial charge < -0.3 is 20.0 Å². The molecule has 2 aliphatic heterocycles. The van der Waals surface area contributed by atoms with Gasteiger partial charge in [0.15, 0.2) is 5.78 Å². The summed E-state index contributed by atoms with van der Waals surface area (Å²) < 4.78 is 0. The Morgan fingerprint density at radius 3 is 2.45 bits per heavy atom. The number of benzene rings is 2. The highest BCUT2D eigenvalue weighted by atomic mass is 16.2. The van der Waals surface area contributed by atoms with Crippen molar-refractivity contribution < 1.29 is 4.79 Å². The van der Waals surface area contributed by atoms with Crippen molar-refractivity contribution in [3.05, 3.63) is 85.8 Å². The number of nitrogens with one attached hydrogen (secondary N) is 2. The normalized spacial score (nSPS) is 19.1. The summed E-state index contributed by atoms with van der Waals surface area (Å²) in [7, 11) is 2.05. The number of hydrogen-bond donors (Lipinski definition) is 2. The fourth-order valence-electron chi connectivity index (χ4n) is 5.40. The molecule has 9 heteroatoms. The number of piperazine rings is 2. The minimum Gasteiger partial charge on any atom is -0.364 e. The maximum absolute atomic E-state index is 13.6. The number of Topliss-reactive ketones (excluding diaryl/α,β-unsaturated/α-hetero) is 1. The van der Waals surface area contributed by atoms with Crippen LogP contribution < -0.4 is 26.0 Å². The topological polar surface area (TPSA) is 102 Å². The minimum absolute atomic E-state index is 0.0663. The van der Waals surface area contributed by atoms with E-state index in [0.29, 0.717) is 49.7 Å². The van der Waals surface area contributed by atoms with E-state index in [9.17, 15) is 14.4 Å². The van der Waals surface area contributed by atoms with E-state index in [0.717, 1.165) is 35.2 Å². The van der Waals surface area contributed by atoms with Crippen molar-refractivity contribution in [3.8, 4) is 0 Å². The average Bonchev–Trinajstić information content (AvgIpc) is 3.38. The summed E-state index contributed by atoms with van der Waals surface area (Å²) >= 11 is 0. The number of nitrogens with zero attached hydrogens (tertiary/aromatic N) is 4. The molecule has 1 atom stereocenters. The molecule has 3 heterocycles. The zero-order chi connectivity index (χ0) is 26.2. The smallest absolute Gasteiger partial charge is 0.253 e. The molecule has 9 nitrogen and oxygen atoms in total. The first-order valence-corrected chi connectivity index (χ1v) is 13.0. The van der Waals surface area contributed by atoms with Gasteiger partial charge in [-0.05, 0) is 24.8 Å². The van der Waals surface area contributed by atoms with E-state index in [-0.39, 0.29) is 5.78 Å². The van der Waals surface area contributed by atoms with E-state index in [2.05, 4.69) is 20.4 Å². The molecule has 2 saturated heterocycles. The van der Waals surface area contributed by atoms with Crippen LogP contribution >= 0.6 is 0 Å². The van der Waals surface area contributed by atoms with Gasteiger partial charge in [0, 0.05) is 56.8 Å². The quantitative estimate of drug-likeness (QED) is 0.299. The molecule has 2 N–H and O–H groups in total. The van der Waals surface area contributed by atoms with Crippen molar-refractivity contribution in [2.24, 2.45) is 0 Å². The van der Waals surface area contributed by atoms with E-state index < -0.39 is 16.9 Å². The molecule has 1 unspecified atom stereocenters. The summed E-state index contributed by atoms with van der Waals surface area (Å²) in [6.45, 7) is 4.63. The number of carbonyl (C=O) groups is 1. The molecule has 0 saturated carbocycles. The van der Waals surface area contributed by atoms with Crippen molar-refractivity contribution in [2.75, 3.05) is 62.7 Å². The van der Waals surface area contributed by atoms with Crippen LogP contribution in [0.1, 0.15) is 21.6 Å². The van der Waals surface area contributed by atoms with Crippen LogP contribution in [0.3, 0.4) is 0 Å². The van der Waals surface area contributed by atoms with Crippen LogP contribution in [0.5, 0.6) is 0 Å². The van der Waals surface area contributed by atoms with E-state index in [1.165, 1.54) is 0 Å². The standard InChI is InChI=1S/C29H30N6O3/c1-33-14-16-34(17-15-33)25-26(29(38)28(25)37)35-13-12-30-18-24(35)27(36)20-9-6-19(7-10-20)8-11-23-21-4-2-3-5-22(21)31-32-23/h2-11,24,30H,12-18H2,1H3,(H,31,32)/b11-8+. The molecule has 1 aromatic heterocycles. The van der Waals surface area contributed by atoms with E-state index in [4.69, 9.17) is 0 Å². The van der Waals surface area contributed by atoms with Crippen molar-refractivity contribution in [1.29, 1.82) is 0 Å². The molecule has 0 aliphatic carbocycles. The first-order valence-electron chi connectivity index (χ1n) is 13.0. The summed E-state index contributed by atoms with van der Waals surface area (Å²) in [5, 5.41) is 11.7. The number of para-hydroxylation sites is 1. The van der Waals surface area contributed by atoms with Gasteiger partial charge in [-0.25, -0.2) is 0 Å². The van der Waals surface area contributed by atoms with Gasteiger partial charge in [0.1, 0.15) is 17.4 Å². The molecule has 0 radical (unpaired) electrons. The largest absolute Gasteiger partial charge is 0.364 e. The molecule has 2 fully saturated rings. The van der Waals surface area contributed by atoms with E-state index in [1.54, 1.807) is 0 Å².